The van der Waals surface area contributed by atoms with E-state index in [-0.39, 0.29) is 5.75 Å². The number of aliphatic carboxylic acids is 1. The number of nitrogens with zero attached hydrogens (tertiary/aromatic N) is 2. The van der Waals surface area contributed by atoms with Gasteiger partial charge in [-0.3, -0.25) is 9.89 Å². The highest BCUT2D eigenvalue weighted by Crippen LogP contribution is 2.27. The van der Waals surface area contributed by atoms with E-state index >= 15 is 0 Å². The van der Waals surface area contributed by atoms with Crippen LogP contribution in [0.5, 0.6) is 0 Å². The van der Waals surface area contributed by atoms with Gasteiger partial charge >= 0.3 is 5.97 Å². The number of nitrogens with one attached hydrogen (secondary N) is 1. The minimum atomic E-state index is -0.903. The quantitative estimate of drug-likeness (QED) is 0.843. The molecule has 18 heavy (non-hydrogen) atoms. The van der Waals surface area contributed by atoms with E-state index in [0.29, 0.717) is 16.0 Å². The van der Waals surface area contributed by atoms with Crippen molar-refractivity contribution in [1.29, 1.82) is 0 Å². The van der Waals surface area contributed by atoms with E-state index in [1.807, 2.05) is 25.1 Å². The van der Waals surface area contributed by atoms with Gasteiger partial charge in [0.15, 0.2) is 5.82 Å². The van der Waals surface area contributed by atoms with Crippen LogP contribution in [-0.2, 0) is 4.79 Å². The van der Waals surface area contributed by atoms with Crippen LogP contribution in [0, 0.1) is 6.92 Å². The molecule has 0 amide bonds. The zero-order chi connectivity index (χ0) is 13.1. The summed E-state index contributed by atoms with van der Waals surface area (Å²) in [5, 5.41) is 16.2. The molecule has 94 valence electrons. The number of thioether (sulfide) groups is 1. The lowest BCUT2D eigenvalue weighted by atomic mass is 10.1. The first-order valence-corrected chi connectivity index (χ1v) is 6.46. The topological polar surface area (TPSA) is 78.9 Å². The minimum absolute atomic E-state index is 0.0705. The second-order valence-corrected chi connectivity index (χ2v) is 4.98. The maximum Gasteiger partial charge on any atom is 0.313 e. The molecule has 1 aromatic carbocycles. The maximum absolute atomic E-state index is 10.4. The Bertz CT molecular complexity index is 585. The van der Waals surface area contributed by atoms with Gasteiger partial charge < -0.3 is 5.11 Å². The summed E-state index contributed by atoms with van der Waals surface area (Å²) in [4.78, 5) is 14.6. The van der Waals surface area contributed by atoms with Crippen molar-refractivity contribution in [3.05, 3.63) is 28.8 Å². The average molecular weight is 284 g/mol. The molecule has 2 aromatic rings. The Morgan fingerprint density at radius 1 is 1.56 bits per heavy atom. The molecular weight excluding hydrogens is 274 g/mol. The van der Waals surface area contributed by atoms with Gasteiger partial charge in [-0.15, -0.1) is 5.10 Å². The van der Waals surface area contributed by atoms with Crippen molar-refractivity contribution in [2.24, 2.45) is 0 Å². The molecule has 1 heterocycles. The minimum Gasteiger partial charge on any atom is -0.481 e. The molecule has 0 aliphatic rings. The summed E-state index contributed by atoms with van der Waals surface area (Å²) in [7, 11) is 0. The molecule has 5 nitrogen and oxygen atoms in total. The van der Waals surface area contributed by atoms with E-state index in [1.54, 1.807) is 0 Å². The Labute approximate surface area is 113 Å². The van der Waals surface area contributed by atoms with Crippen molar-refractivity contribution in [1.82, 2.24) is 15.2 Å². The number of aromatic amines is 1. The maximum atomic E-state index is 10.4. The van der Waals surface area contributed by atoms with E-state index in [0.717, 1.165) is 22.9 Å². The molecule has 0 atom stereocenters. The molecule has 0 fully saturated rings. The number of carbonyl (C=O) groups is 1. The first-order chi connectivity index (χ1) is 8.56. The molecule has 7 heteroatoms. The Kier molecular flexibility index (Phi) is 3.88. The summed E-state index contributed by atoms with van der Waals surface area (Å²) >= 11 is 7.17. The van der Waals surface area contributed by atoms with Crippen LogP contribution in [0.4, 0.5) is 0 Å². The SMILES string of the molecule is Cc1ccc(-c2nc(SCC(=O)O)n[nH]2)c(Cl)c1. The predicted molar refractivity (Wildman–Crippen MR) is 69.9 cm³/mol. The highest BCUT2D eigenvalue weighted by molar-refractivity contribution is 7.99. The molecule has 0 aliphatic heterocycles. The van der Waals surface area contributed by atoms with Crippen molar-refractivity contribution < 1.29 is 9.90 Å². The number of carboxylic acid groups (broad SMARTS) is 1. The Morgan fingerprint density at radius 2 is 2.33 bits per heavy atom. The van der Waals surface area contributed by atoms with Crippen LogP contribution in [0.25, 0.3) is 11.4 Å². The van der Waals surface area contributed by atoms with Gasteiger partial charge in [0.05, 0.1) is 10.8 Å². The molecule has 0 spiro atoms. The summed E-state index contributed by atoms with van der Waals surface area (Å²) in [6.45, 7) is 1.95. The molecule has 0 bridgehead atoms. The third-order valence-electron chi connectivity index (χ3n) is 2.17. The summed E-state index contributed by atoms with van der Waals surface area (Å²) in [5.74, 6) is -0.438. The molecule has 2 N–H and O–H groups in total. The smallest absolute Gasteiger partial charge is 0.313 e. The van der Waals surface area contributed by atoms with E-state index in [4.69, 9.17) is 16.7 Å². The molecule has 2 rings (SSSR count). The van der Waals surface area contributed by atoms with Gasteiger partial charge in [0.1, 0.15) is 0 Å². The molecule has 0 radical (unpaired) electrons. The summed E-state index contributed by atoms with van der Waals surface area (Å²) in [6.07, 6.45) is 0. The zero-order valence-electron chi connectivity index (χ0n) is 9.48. The van der Waals surface area contributed by atoms with Crippen LogP contribution < -0.4 is 0 Å². The first kappa shape index (κ1) is 12.9. The van der Waals surface area contributed by atoms with Crippen LogP contribution >= 0.6 is 23.4 Å². The van der Waals surface area contributed by atoms with Crippen molar-refractivity contribution in [3.63, 3.8) is 0 Å². The van der Waals surface area contributed by atoms with Gasteiger partial charge in [0, 0.05) is 5.56 Å². The van der Waals surface area contributed by atoms with Gasteiger partial charge in [-0.05, 0) is 24.6 Å². The predicted octanol–water partition coefficient (Wildman–Crippen LogP) is 2.61. The van der Waals surface area contributed by atoms with E-state index in [9.17, 15) is 4.79 Å². The fourth-order valence-electron chi connectivity index (χ4n) is 1.37. The highest BCUT2D eigenvalue weighted by atomic mass is 35.5. The van der Waals surface area contributed by atoms with Crippen LogP contribution in [0.1, 0.15) is 5.56 Å². The third kappa shape index (κ3) is 3.02. The second kappa shape index (κ2) is 5.41. The molecular formula is C11H10ClN3O2S. The monoisotopic (exact) mass is 283 g/mol. The number of hydrogen-bond donors (Lipinski definition) is 2. The number of hydrogen-bond acceptors (Lipinski definition) is 4. The fraction of sp³-hybridized carbons (Fsp3) is 0.182. The number of H-pyrrole nitrogens is 1. The van der Waals surface area contributed by atoms with Gasteiger partial charge in [0.2, 0.25) is 5.16 Å². The molecule has 0 unspecified atom stereocenters. The second-order valence-electron chi connectivity index (χ2n) is 3.63. The van der Waals surface area contributed by atoms with Gasteiger partial charge in [-0.25, -0.2) is 4.98 Å². The standard InChI is InChI=1S/C11H10ClN3O2S/c1-6-2-3-7(8(12)4-6)10-13-11(15-14-10)18-5-9(16)17/h2-4H,5H2,1H3,(H,16,17)(H,13,14,15). The van der Waals surface area contributed by atoms with Gasteiger partial charge in [-0.2, -0.15) is 0 Å². The molecule has 1 aromatic heterocycles. The fourth-order valence-corrected chi connectivity index (χ4v) is 2.21. The van der Waals surface area contributed by atoms with Crippen molar-refractivity contribution in [2.45, 2.75) is 12.1 Å². The lowest BCUT2D eigenvalue weighted by molar-refractivity contribution is -0.133. The van der Waals surface area contributed by atoms with E-state index in [2.05, 4.69) is 15.2 Å². The Hall–Kier alpha value is -1.53. The van der Waals surface area contributed by atoms with Crippen molar-refractivity contribution in [2.75, 3.05) is 5.75 Å². The van der Waals surface area contributed by atoms with Gasteiger partial charge in [-0.1, -0.05) is 29.4 Å². The number of halogens is 1. The highest BCUT2D eigenvalue weighted by Gasteiger charge is 2.10. The third-order valence-corrected chi connectivity index (χ3v) is 3.31. The number of aryl methyl sites for hydroxylation is 1. The van der Waals surface area contributed by atoms with E-state index < -0.39 is 5.97 Å². The van der Waals surface area contributed by atoms with Crippen molar-refractivity contribution in [3.8, 4) is 11.4 Å². The number of rotatable bonds is 4. The van der Waals surface area contributed by atoms with Crippen LogP contribution in [-0.4, -0.2) is 32.0 Å². The molecule has 0 saturated carbocycles. The lowest BCUT2D eigenvalue weighted by Crippen LogP contribution is -1.97. The summed E-state index contributed by atoms with van der Waals surface area (Å²) in [5.41, 5.74) is 1.81. The lowest BCUT2D eigenvalue weighted by Gasteiger charge is -2.00. The Balaban J connectivity index is 2.21. The summed E-state index contributed by atoms with van der Waals surface area (Å²) in [6, 6.07) is 5.61. The normalized spacial score (nSPS) is 10.6. The average Bonchev–Trinajstić information content (AvgIpc) is 2.75. The zero-order valence-corrected chi connectivity index (χ0v) is 11.0. The number of benzene rings is 1. The number of aromatic nitrogens is 3. The molecule has 0 saturated heterocycles. The first-order valence-electron chi connectivity index (χ1n) is 5.10. The summed E-state index contributed by atoms with van der Waals surface area (Å²) < 4.78 is 0. The van der Waals surface area contributed by atoms with Crippen LogP contribution in [0.2, 0.25) is 5.02 Å². The Morgan fingerprint density at radius 3 is 3.00 bits per heavy atom. The van der Waals surface area contributed by atoms with Gasteiger partial charge in [0.25, 0.3) is 0 Å². The largest absolute Gasteiger partial charge is 0.481 e. The number of carboxylic acids is 1. The molecule has 0 aliphatic carbocycles. The van der Waals surface area contributed by atoms with Crippen LogP contribution in [0.3, 0.4) is 0 Å². The van der Waals surface area contributed by atoms with E-state index in [1.165, 1.54) is 0 Å². The van der Waals surface area contributed by atoms with Crippen LogP contribution in [0.15, 0.2) is 23.4 Å². The van der Waals surface area contributed by atoms with Crippen molar-refractivity contribution >= 4 is 29.3 Å².